The molecule has 0 saturated carbocycles. The van der Waals surface area contributed by atoms with Crippen LogP contribution in [0.3, 0.4) is 0 Å². The van der Waals surface area contributed by atoms with Gasteiger partial charge in [-0.25, -0.2) is 0 Å². The molecule has 0 fully saturated rings. The molecule has 0 radical (unpaired) electrons. The van der Waals surface area contributed by atoms with Crippen LogP contribution in [0.1, 0.15) is 76.7 Å². The van der Waals surface area contributed by atoms with Gasteiger partial charge in [-0.2, -0.15) is 0 Å². The van der Waals surface area contributed by atoms with Gasteiger partial charge in [0.05, 0.1) is 0 Å². The number of nitrogens with two attached hydrogens (primary N) is 1. The first-order valence-electron chi connectivity index (χ1n) is 11.7. The normalized spacial score (nSPS) is 11.2. The maximum Gasteiger partial charge on any atom is 0.0476 e. The predicted octanol–water partition coefficient (Wildman–Crippen LogP) is 8.55. The number of hydrogen-bond acceptors (Lipinski definition) is 1. The molecule has 1 nitrogen and oxygen atoms in total. The number of aryl methyl sites for hydroxylation is 1. The van der Waals surface area contributed by atoms with Crippen molar-refractivity contribution in [3.63, 3.8) is 0 Å². The first-order chi connectivity index (χ1) is 14.3. The van der Waals surface area contributed by atoms with E-state index in [1.807, 2.05) is 0 Å². The molecule has 0 spiro atoms. The molecule has 3 rings (SSSR count). The van der Waals surface area contributed by atoms with E-state index in [9.17, 15) is 0 Å². The molecule has 0 atom stereocenters. The minimum atomic E-state index is 0.927. The Morgan fingerprint density at radius 2 is 1.24 bits per heavy atom. The summed E-state index contributed by atoms with van der Waals surface area (Å²) in [6.45, 7) is 2.28. The molecule has 0 saturated heterocycles. The van der Waals surface area contributed by atoms with E-state index in [0.29, 0.717) is 0 Å². The maximum atomic E-state index is 6.67. The molecule has 1 heteroatoms. The fourth-order valence-corrected chi connectivity index (χ4v) is 4.38. The summed E-state index contributed by atoms with van der Waals surface area (Å²) in [5, 5.41) is 2.42. The zero-order valence-electron chi connectivity index (χ0n) is 18.1. The molecule has 3 aromatic rings. The van der Waals surface area contributed by atoms with Crippen molar-refractivity contribution in [2.75, 3.05) is 5.73 Å². The number of unbranched alkanes of at least 4 members (excludes halogenated alkanes) is 9. The summed E-state index contributed by atoms with van der Waals surface area (Å²) in [6.07, 6.45) is 14.8. The molecule has 154 valence electrons. The number of benzene rings is 3. The van der Waals surface area contributed by atoms with Gasteiger partial charge in [0.25, 0.3) is 0 Å². The summed E-state index contributed by atoms with van der Waals surface area (Å²) in [7, 11) is 0. The summed E-state index contributed by atoms with van der Waals surface area (Å²) in [4.78, 5) is 0. The maximum absolute atomic E-state index is 6.67. The Balaban J connectivity index is 1.60. The Morgan fingerprint density at radius 1 is 0.655 bits per heavy atom. The summed E-state index contributed by atoms with van der Waals surface area (Å²) in [6, 6.07) is 21.5. The number of rotatable bonds is 12. The summed E-state index contributed by atoms with van der Waals surface area (Å²) in [5.41, 5.74) is 11.5. The zero-order valence-corrected chi connectivity index (χ0v) is 18.1. The third-order valence-corrected chi connectivity index (χ3v) is 6.03. The van der Waals surface area contributed by atoms with E-state index in [-0.39, 0.29) is 0 Å². The van der Waals surface area contributed by atoms with Crippen molar-refractivity contribution in [2.24, 2.45) is 0 Å². The van der Waals surface area contributed by atoms with Crippen LogP contribution in [0.4, 0.5) is 5.69 Å². The Hall–Kier alpha value is -2.28. The van der Waals surface area contributed by atoms with Crippen LogP contribution in [0.15, 0.2) is 60.7 Å². The summed E-state index contributed by atoms with van der Waals surface area (Å²) in [5.74, 6) is 0. The molecule has 0 heterocycles. The van der Waals surface area contributed by atoms with Gasteiger partial charge < -0.3 is 5.73 Å². The van der Waals surface area contributed by atoms with Gasteiger partial charge in [-0.1, -0.05) is 125 Å². The first-order valence-corrected chi connectivity index (χ1v) is 11.7. The lowest BCUT2D eigenvalue weighted by Crippen LogP contribution is -1.99. The van der Waals surface area contributed by atoms with Gasteiger partial charge in [0, 0.05) is 16.6 Å². The largest absolute Gasteiger partial charge is 0.398 e. The third kappa shape index (κ3) is 6.10. The average molecular weight is 388 g/mol. The van der Waals surface area contributed by atoms with Gasteiger partial charge >= 0.3 is 0 Å². The Labute approximate surface area is 177 Å². The Morgan fingerprint density at radius 3 is 1.93 bits per heavy atom. The fraction of sp³-hybridized carbons (Fsp3) is 0.429. The van der Waals surface area contributed by atoms with Crippen molar-refractivity contribution in [3.05, 3.63) is 66.2 Å². The lowest BCUT2D eigenvalue weighted by molar-refractivity contribution is 0.556. The molecule has 0 aliphatic rings. The van der Waals surface area contributed by atoms with E-state index in [4.69, 9.17) is 5.73 Å². The highest BCUT2D eigenvalue weighted by atomic mass is 14.6. The topological polar surface area (TPSA) is 26.0 Å². The van der Waals surface area contributed by atoms with Crippen molar-refractivity contribution in [3.8, 4) is 11.1 Å². The SMILES string of the molecule is CCCCCCCCCCCCc1cc2ccccc2c(N)c1-c1ccccc1. The van der Waals surface area contributed by atoms with Crippen LogP contribution >= 0.6 is 0 Å². The molecule has 29 heavy (non-hydrogen) atoms. The zero-order chi connectivity index (χ0) is 20.3. The Bertz CT molecular complexity index is 866. The minimum absolute atomic E-state index is 0.927. The lowest BCUT2D eigenvalue weighted by Gasteiger charge is -2.16. The molecule has 0 unspecified atom stereocenters. The van der Waals surface area contributed by atoms with Gasteiger partial charge in [0.15, 0.2) is 0 Å². The standard InChI is InChI=1S/C28H37N/c1-2-3-4-5-6-7-8-9-10-12-20-25-22-24-19-15-16-21-26(24)28(29)27(25)23-17-13-11-14-18-23/h11,13-19,21-22H,2-10,12,20,29H2,1H3. The molecule has 0 aliphatic heterocycles. The van der Waals surface area contributed by atoms with E-state index in [1.54, 1.807) is 0 Å². The molecular weight excluding hydrogens is 350 g/mol. The second-order valence-electron chi connectivity index (χ2n) is 8.34. The summed E-state index contributed by atoms with van der Waals surface area (Å²) >= 11 is 0. The first kappa shape index (κ1) is 21.4. The van der Waals surface area contributed by atoms with Crippen LogP contribution in [-0.4, -0.2) is 0 Å². The highest BCUT2D eigenvalue weighted by Crippen LogP contribution is 2.36. The molecule has 3 aromatic carbocycles. The second-order valence-corrected chi connectivity index (χ2v) is 8.34. The van der Waals surface area contributed by atoms with Crippen molar-refractivity contribution >= 4 is 16.5 Å². The van der Waals surface area contributed by atoms with Crippen molar-refractivity contribution in [1.82, 2.24) is 0 Å². The van der Waals surface area contributed by atoms with E-state index in [1.165, 1.54) is 86.3 Å². The average Bonchev–Trinajstić information content (AvgIpc) is 2.76. The van der Waals surface area contributed by atoms with E-state index < -0.39 is 0 Å². The summed E-state index contributed by atoms with van der Waals surface area (Å²) < 4.78 is 0. The minimum Gasteiger partial charge on any atom is -0.398 e. The Kier molecular flexibility index (Phi) is 8.61. The van der Waals surface area contributed by atoms with Crippen molar-refractivity contribution in [1.29, 1.82) is 0 Å². The molecule has 0 amide bonds. The number of nitrogen functional groups attached to an aromatic ring is 1. The van der Waals surface area contributed by atoms with Gasteiger partial charge in [0.2, 0.25) is 0 Å². The molecule has 0 aliphatic carbocycles. The van der Waals surface area contributed by atoms with E-state index in [2.05, 4.69) is 67.6 Å². The van der Waals surface area contributed by atoms with Crippen LogP contribution in [0.25, 0.3) is 21.9 Å². The number of fused-ring (bicyclic) bond motifs is 1. The van der Waals surface area contributed by atoms with E-state index >= 15 is 0 Å². The highest BCUT2D eigenvalue weighted by molar-refractivity contribution is 6.02. The van der Waals surface area contributed by atoms with Crippen LogP contribution in [0.2, 0.25) is 0 Å². The monoisotopic (exact) mass is 387 g/mol. The highest BCUT2D eigenvalue weighted by Gasteiger charge is 2.12. The van der Waals surface area contributed by atoms with Gasteiger partial charge in [-0.15, -0.1) is 0 Å². The van der Waals surface area contributed by atoms with Crippen LogP contribution < -0.4 is 5.73 Å². The number of hydrogen-bond donors (Lipinski definition) is 1. The van der Waals surface area contributed by atoms with E-state index in [0.717, 1.165) is 17.5 Å². The van der Waals surface area contributed by atoms with Gasteiger partial charge in [0.1, 0.15) is 0 Å². The quantitative estimate of drug-likeness (QED) is 0.244. The third-order valence-electron chi connectivity index (χ3n) is 6.03. The fourth-order valence-electron chi connectivity index (χ4n) is 4.38. The smallest absolute Gasteiger partial charge is 0.0476 e. The lowest BCUT2D eigenvalue weighted by atomic mass is 9.90. The molecule has 2 N–H and O–H groups in total. The predicted molar refractivity (Wildman–Crippen MR) is 129 cm³/mol. The van der Waals surface area contributed by atoms with Crippen molar-refractivity contribution in [2.45, 2.75) is 77.6 Å². The van der Waals surface area contributed by atoms with Crippen LogP contribution in [0, 0.1) is 0 Å². The molecule has 0 aromatic heterocycles. The van der Waals surface area contributed by atoms with Crippen molar-refractivity contribution < 1.29 is 0 Å². The number of anilines is 1. The molecular formula is C28H37N. The van der Waals surface area contributed by atoms with Gasteiger partial charge in [-0.05, 0) is 29.4 Å². The van der Waals surface area contributed by atoms with Gasteiger partial charge in [-0.3, -0.25) is 0 Å². The van der Waals surface area contributed by atoms with Crippen LogP contribution in [0.5, 0.6) is 0 Å². The molecule has 0 bridgehead atoms. The van der Waals surface area contributed by atoms with Crippen LogP contribution in [-0.2, 0) is 6.42 Å². The second kappa shape index (κ2) is 11.7.